The summed E-state index contributed by atoms with van der Waals surface area (Å²) in [7, 11) is 12.2. The smallest absolute Gasteiger partial charge is 0.0688 e. The molecule has 0 nitrogen and oxygen atoms in total. The third kappa shape index (κ3) is 3.25. The van der Waals surface area contributed by atoms with Gasteiger partial charge in [-0.3, -0.25) is 0 Å². The maximum atomic E-state index is 6.11. The van der Waals surface area contributed by atoms with Gasteiger partial charge in [-0.25, -0.2) is 0 Å². The van der Waals surface area contributed by atoms with Crippen molar-refractivity contribution in [3.63, 3.8) is 0 Å². The zero-order chi connectivity index (χ0) is 9.24. The Bertz CT molecular complexity index is 132. The molecule has 64 valence electrons. The standard InChI is InChI=1S/C10H18B2/c1-9(11)5-3-4-6-10(2,12)8-7-9/h3-8H2,1-2H3. The molecule has 0 amide bonds. The summed E-state index contributed by atoms with van der Waals surface area (Å²) in [5, 5.41) is 0.0576. The first-order valence-electron chi connectivity index (χ1n) is 4.99. The van der Waals surface area contributed by atoms with Crippen LogP contribution in [0.25, 0.3) is 0 Å². The molecule has 1 rings (SSSR count). The van der Waals surface area contributed by atoms with Crippen molar-refractivity contribution in [2.24, 2.45) is 0 Å². The molecule has 0 aromatic heterocycles. The van der Waals surface area contributed by atoms with Gasteiger partial charge in [-0.05, 0) is 0 Å². The molecule has 2 heteroatoms. The van der Waals surface area contributed by atoms with Crippen molar-refractivity contribution in [1.82, 2.24) is 0 Å². The average molecular weight is 160 g/mol. The molecule has 2 unspecified atom stereocenters. The van der Waals surface area contributed by atoms with Crippen LogP contribution in [0.3, 0.4) is 0 Å². The van der Waals surface area contributed by atoms with Gasteiger partial charge in [-0.2, -0.15) is 0 Å². The van der Waals surface area contributed by atoms with Gasteiger partial charge in [0.25, 0.3) is 0 Å². The van der Waals surface area contributed by atoms with Crippen LogP contribution in [0.1, 0.15) is 52.4 Å². The molecule has 0 N–H and O–H groups in total. The van der Waals surface area contributed by atoms with Crippen LogP contribution in [0, 0.1) is 0 Å². The van der Waals surface area contributed by atoms with Gasteiger partial charge in [0, 0.05) is 0 Å². The maximum Gasteiger partial charge on any atom is 0.0742 e. The second-order valence-electron chi connectivity index (χ2n) is 5.02. The van der Waals surface area contributed by atoms with Crippen molar-refractivity contribution in [3.8, 4) is 0 Å². The highest BCUT2D eigenvalue weighted by Gasteiger charge is 2.25. The predicted molar refractivity (Wildman–Crippen MR) is 55.9 cm³/mol. The Hall–Kier alpha value is 0.130. The van der Waals surface area contributed by atoms with Gasteiger partial charge >= 0.3 is 0 Å². The lowest BCUT2D eigenvalue weighted by Gasteiger charge is -2.35. The quantitative estimate of drug-likeness (QED) is 0.477. The molecule has 12 heavy (non-hydrogen) atoms. The molecule has 1 fully saturated rings. The van der Waals surface area contributed by atoms with E-state index in [1.54, 1.807) is 0 Å². The van der Waals surface area contributed by atoms with Crippen LogP contribution in [-0.4, -0.2) is 15.7 Å². The largest absolute Gasteiger partial charge is 0.0742 e. The molecule has 2 atom stereocenters. The fraction of sp³-hybridized carbons (Fsp3) is 1.00. The minimum absolute atomic E-state index is 0.0288. The predicted octanol–water partition coefficient (Wildman–Crippen LogP) is 3.03. The molecule has 0 heterocycles. The molecule has 0 aromatic carbocycles. The van der Waals surface area contributed by atoms with E-state index in [1.807, 2.05) is 0 Å². The second-order valence-corrected chi connectivity index (χ2v) is 5.02. The van der Waals surface area contributed by atoms with Crippen molar-refractivity contribution in [2.75, 3.05) is 0 Å². The van der Waals surface area contributed by atoms with Crippen LogP contribution in [0.4, 0.5) is 0 Å². The second kappa shape index (κ2) is 3.47. The monoisotopic (exact) mass is 160 g/mol. The molecule has 0 saturated heterocycles. The Labute approximate surface area is 79.3 Å². The topological polar surface area (TPSA) is 0 Å². The van der Waals surface area contributed by atoms with E-state index in [4.69, 9.17) is 15.7 Å². The van der Waals surface area contributed by atoms with Crippen molar-refractivity contribution in [2.45, 2.75) is 63.0 Å². The van der Waals surface area contributed by atoms with Crippen LogP contribution in [0.5, 0.6) is 0 Å². The maximum absolute atomic E-state index is 6.11. The fourth-order valence-corrected chi connectivity index (χ4v) is 1.88. The van der Waals surface area contributed by atoms with E-state index >= 15 is 0 Å². The molecule has 1 aliphatic rings. The van der Waals surface area contributed by atoms with E-state index in [0.29, 0.717) is 0 Å². The van der Waals surface area contributed by atoms with Gasteiger partial charge < -0.3 is 0 Å². The normalized spacial score (nSPS) is 44.8. The van der Waals surface area contributed by atoms with Crippen molar-refractivity contribution < 1.29 is 0 Å². The van der Waals surface area contributed by atoms with E-state index in [2.05, 4.69) is 13.8 Å². The summed E-state index contributed by atoms with van der Waals surface area (Å²) >= 11 is 0. The highest BCUT2D eigenvalue weighted by Crippen LogP contribution is 2.44. The lowest BCUT2D eigenvalue weighted by molar-refractivity contribution is 0.367. The van der Waals surface area contributed by atoms with Gasteiger partial charge in [0.05, 0.1) is 15.7 Å². The summed E-state index contributed by atoms with van der Waals surface area (Å²) in [6.45, 7) is 4.29. The van der Waals surface area contributed by atoms with E-state index in [9.17, 15) is 0 Å². The Morgan fingerprint density at radius 2 is 1.08 bits per heavy atom. The Balaban J connectivity index is 2.51. The third-order valence-electron chi connectivity index (χ3n) is 3.01. The lowest BCUT2D eigenvalue weighted by Crippen LogP contribution is -2.17. The van der Waals surface area contributed by atoms with Crippen molar-refractivity contribution in [3.05, 3.63) is 0 Å². The molecule has 0 spiro atoms. The van der Waals surface area contributed by atoms with Gasteiger partial charge in [0.2, 0.25) is 0 Å². The van der Waals surface area contributed by atoms with E-state index in [-0.39, 0.29) is 10.6 Å². The number of hydrogen-bond acceptors (Lipinski definition) is 0. The molecule has 4 radical (unpaired) electrons. The minimum Gasteiger partial charge on any atom is -0.0688 e. The average Bonchev–Trinajstić information content (AvgIpc) is 1.94. The molecular formula is C10H18B2. The summed E-state index contributed by atoms with van der Waals surface area (Å²) in [5.41, 5.74) is 0. The first-order chi connectivity index (χ1) is 5.41. The Morgan fingerprint density at radius 1 is 0.750 bits per heavy atom. The highest BCUT2D eigenvalue weighted by molar-refractivity contribution is 6.16. The van der Waals surface area contributed by atoms with Crippen LogP contribution in [-0.2, 0) is 0 Å². The minimum atomic E-state index is 0.0288. The first-order valence-corrected chi connectivity index (χ1v) is 4.99. The van der Waals surface area contributed by atoms with Gasteiger partial charge in [-0.15, -0.1) is 0 Å². The van der Waals surface area contributed by atoms with Gasteiger partial charge in [-0.1, -0.05) is 63.0 Å². The van der Waals surface area contributed by atoms with Crippen LogP contribution < -0.4 is 0 Å². The van der Waals surface area contributed by atoms with Gasteiger partial charge in [0.1, 0.15) is 0 Å². The van der Waals surface area contributed by atoms with E-state index in [1.165, 1.54) is 12.8 Å². The lowest BCUT2D eigenvalue weighted by atomic mass is 9.56. The van der Waals surface area contributed by atoms with Crippen LogP contribution in [0.15, 0.2) is 0 Å². The highest BCUT2D eigenvalue weighted by atomic mass is 14.3. The van der Waals surface area contributed by atoms with Gasteiger partial charge in [0.15, 0.2) is 0 Å². The van der Waals surface area contributed by atoms with Crippen molar-refractivity contribution in [1.29, 1.82) is 0 Å². The molecule has 0 aromatic rings. The van der Waals surface area contributed by atoms with Crippen molar-refractivity contribution >= 4 is 15.7 Å². The zero-order valence-electron chi connectivity index (χ0n) is 8.40. The SMILES string of the molecule is [B]C1(C)CCCCC([B])(C)CC1. The summed E-state index contributed by atoms with van der Waals surface area (Å²) < 4.78 is 0. The molecular weight excluding hydrogens is 142 g/mol. The number of rotatable bonds is 0. The summed E-state index contributed by atoms with van der Waals surface area (Å²) in [5.74, 6) is 0. The molecule has 1 aliphatic carbocycles. The summed E-state index contributed by atoms with van der Waals surface area (Å²) in [4.78, 5) is 0. The fourth-order valence-electron chi connectivity index (χ4n) is 1.88. The zero-order valence-corrected chi connectivity index (χ0v) is 8.40. The summed E-state index contributed by atoms with van der Waals surface area (Å²) in [6, 6.07) is 0. The number of hydrogen-bond donors (Lipinski definition) is 0. The molecule has 0 aliphatic heterocycles. The first kappa shape index (κ1) is 10.2. The summed E-state index contributed by atoms with van der Waals surface area (Å²) in [6.07, 6.45) is 6.92. The van der Waals surface area contributed by atoms with E-state index < -0.39 is 0 Å². The Morgan fingerprint density at radius 3 is 1.42 bits per heavy atom. The molecule has 1 saturated carbocycles. The third-order valence-corrected chi connectivity index (χ3v) is 3.01. The van der Waals surface area contributed by atoms with Crippen LogP contribution in [0.2, 0.25) is 10.6 Å². The molecule has 0 bridgehead atoms. The van der Waals surface area contributed by atoms with E-state index in [0.717, 1.165) is 25.7 Å². The Kier molecular flexibility index (Phi) is 2.96. The van der Waals surface area contributed by atoms with Crippen LogP contribution >= 0.6 is 0 Å².